The van der Waals surface area contributed by atoms with Crippen molar-refractivity contribution in [1.29, 1.82) is 0 Å². The molecule has 2 rings (SSSR count). The topological polar surface area (TPSA) is 52.4 Å². The molecule has 0 unspecified atom stereocenters. The minimum Gasteiger partial charge on any atom is -0.366 e. The zero-order valence-corrected chi connectivity index (χ0v) is 6.78. The van der Waals surface area contributed by atoms with Crippen molar-refractivity contribution < 1.29 is 9.66 Å². The van der Waals surface area contributed by atoms with E-state index in [1.54, 1.807) is 0 Å². The first kappa shape index (κ1) is 7.73. The maximum absolute atomic E-state index is 10.9. The van der Waals surface area contributed by atoms with Crippen molar-refractivity contribution in [2.24, 2.45) is 0 Å². The van der Waals surface area contributed by atoms with Gasteiger partial charge in [-0.3, -0.25) is 10.1 Å². The van der Waals surface area contributed by atoms with Crippen LogP contribution in [0.25, 0.3) is 0 Å². The lowest BCUT2D eigenvalue weighted by molar-refractivity contribution is -0.561. The predicted molar refractivity (Wildman–Crippen MR) is 42.5 cm³/mol. The molecule has 0 bridgehead atoms. The molecule has 2 aliphatic rings. The van der Waals surface area contributed by atoms with Gasteiger partial charge in [0.1, 0.15) is 6.10 Å². The van der Waals surface area contributed by atoms with Gasteiger partial charge in [0.2, 0.25) is 0 Å². The Morgan fingerprint density at radius 1 is 1.75 bits per heavy atom. The Labute approximate surface area is 70.4 Å². The van der Waals surface area contributed by atoms with Crippen molar-refractivity contribution in [3.8, 4) is 0 Å². The molecule has 0 aromatic rings. The number of rotatable bonds is 1. The third kappa shape index (κ3) is 0.705. The van der Waals surface area contributed by atoms with E-state index in [4.69, 9.17) is 4.74 Å². The average Bonchev–Trinajstić information content (AvgIpc) is 2.52. The first-order valence-corrected chi connectivity index (χ1v) is 4.12. The van der Waals surface area contributed by atoms with Crippen LogP contribution >= 0.6 is 0 Å². The number of nitrogens with zero attached hydrogens (tertiary/aromatic N) is 1. The van der Waals surface area contributed by atoms with Crippen LogP contribution in [-0.4, -0.2) is 23.2 Å². The number of fused-ring (bicyclic) bond motifs is 1. The number of hydrogen-bond acceptors (Lipinski definition) is 3. The van der Waals surface area contributed by atoms with Gasteiger partial charge in [-0.05, 0) is 12.8 Å². The highest BCUT2D eigenvalue weighted by Gasteiger charge is 2.60. The van der Waals surface area contributed by atoms with Crippen LogP contribution in [0.3, 0.4) is 0 Å². The standard InChI is InChI=1S/C8H11NO3/c1-6-5-12-7-3-2-4-8(6,7)9(10)11/h7H,1-5H2/t7-,8+/m1/s1. The summed E-state index contributed by atoms with van der Waals surface area (Å²) >= 11 is 0. The largest absolute Gasteiger partial charge is 0.366 e. The van der Waals surface area contributed by atoms with Gasteiger partial charge in [-0.1, -0.05) is 6.58 Å². The summed E-state index contributed by atoms with van der Waals surface area (Å²) < 4.78 is 5.31. The predicted octanol–water partition coefficient (Wildman–Crippen LogP) is 1.14. The van der Waals surface area contributed by atoms with Crippen LogP contribution in [0.2, 0.25) is 0 Å². The van der Waals surface area contributed by atoms with Crippen molar-refractivity contribution in [2.75, 3.05) is 6.61 Å². The highest BCUT2D eigenvalue weighted by molar-refractivity contribution is 5.23. The molecule has 1 heterocycles. The fraction of sp³-hybridized carbons (Fsp3) is 0.750. The van der Waals surface area contributed by atoms with Gasteiger partial charge in [0.15, 0.2) is 0 Å². The zero-order valence-electron chi connectivity index (χ0n) is 6.78. The normalized spacial score (nSPS) is 40.0. The van der Waals surface area contributed by atoms with Gasteiger partial charge in [-0.2, -0.15) is 0 Å². The Balaban J connectivity index is 2.40. The molecule has 0 aromatic carbocycles. The summed E-state index contributed by atoms with van der Waals surface area (Å²) in [6.07, 6.45) is 2.08. The second-order valence-corrected chi connectivity index (χ2v) is 3.48. The van der Waals surface area contributed by atoms with Gasteiger partial charge in [-0.15, -0.1) is 0 Å². The van der Waals surface area contributed by atoms with E-state index in [2.05, 4.69) is 6.58 Å². The van der Waals surface area contributed by atoms with Crippen LogP contribution in [-0.2, 0) is 4.74 Å². The van der Waals surface area contributed by atoms with Crippen LogP contribution in [0.15, 0.2) is 12.2 Å². The monoisotopic (exact) mass is 169 g/mol. The fourth-order valence-corrected chi connectivity index (χ4v) is 2.25. The van der Waals surface area contributed by atoms with Crippen LogP contribution < -0.4 is 0 Å². The maximum atomic E-state index is 10.9. The molecule has 1 saturated heterocycles. The molecule has 0 amide bonds. The minimum atomic E-state index is -0.931. The number of ether oxygens (including phenoxy) is 1. The Kier molecular flexibility index (Phi) is 1.48. The molecule has 0 N–H and O–H groups in total. The van der Waals surface area contributed by atoms with Gasteiger partial charge >= 0.3 is 0 Å². The number of nitro groups is 1. The molecule has 1 aliphatic heterocycles. The Bertz CT molecular complexity index is 251. The third-order valence-electron chi connectivity index (χ3n) is 2.95. The Morgan fingerprint density at radius 2 is 2.50 bits per heavy atom. The summed E-state index contributed by atoms with van der Waals surface area (Å²) in [5, 5.41) is 10.9. The average molecular weight is 169 g/mol. The summed E-state index contributed by atoms with van der Waals surface area (Å²) in [6.45, 7) is 4.09. The van der Waals surface area contributed by atoms with E-state index in [9.17, 15) is 10.1 Å². The molecule has 1 aliphatic carbocycles. The molecular formula is C8H11NO3. The van der Waals surface area contributed by atoms with E-state index in [1.165, 1.54) is 0 Å². The van der Waals surface area contributed by atoms with E-state index >= 15 is 0 Å². The van der Waals surface area contributed by atoms with Gasteiger partial charge in [0.25, 0.3) is 5.54 Å². The summed E-state index contributed by atoms with van der Waals surface area (Å²) in [7, 11) is 0. The van der Waals surface area contributed by atoms with Crippen molar-refractivity contribution >= 4 is 0 Å². The van der Waals surface area contributed by atoms with Crippen molar-refractivity contribution in [2.45, 2.75) is 30.9 Å². The lowest BCUT2D eigenvalue weighted by atomic mass is 9.91. The van der Waals surface area contributed by atoms with Crippen LogP contribution in [0.1, 0.15) is 19.3 Å². The maximum Gasteiger partial charge on any atom is 0.270 e. The molecular weight excluding hydrogens is 158 g/mol. The second kappa shape index (κ2) is 2.29. The number of hydrogen-bond donors (Lipinski definition) is 0. The molecule has 4 nitrogen and oxygen atoms in total. The first-order valence-electron chi connectivity index (χ1n) is 4.12. The minimum absolute atomic E-state index is 0.208. The van der Waals surface area contributed by atoms with E-state index < -0.39 is 5.54 Å². The quantitative estimate of drug-likeness (QED) is 0.336. The molecule has 0 spiro atoms. The lowest BCUT2D eigenvalue weighted by Gasteiger charge is -2.18. The summed E-state index contributed by atoms with van der Waals surface area (Å²) in [5.41, 5.74) is -0.282. The molecule has 66 valence electrons. The summed E-state index contributed by atoms with van der Waals surface area (Å²) in [6, 6.07) is 0. The van der Waals surface area contributed by atoms with E-state index in [1.807, 2.05) is 0 Å². The molecule has 2 fully saturated rings. The molecule has 0 radical (unpaired) electrons. The van der Waals surface area contributed by atoms with Crippen LogP contribution in [0.4, 0.5) is 0 Å². The Hall–Kier alpha value is -0.900. The van der Waals surface area contributed by atoms with E-state index in [-0.39, 0.29) is 11.0 Å². The smallest absolute Gasteiger partial charge is 0.270 e. The van der Waals surface area contributed by atoms with Crippen molar-refractivity contribution in [3.05, 3.63) is 22.3 Å². The van der Waals surface area contributed by atoms with Gasteiger partial charge < -0.3 is 4.74 Å². The molecule has 2 atom stereocenters. The van der Waals surface area contributed by atoms with E-state index in [0.717, 1.165) is 12.8 Å². The summed E-state index contributed by atoms with van der Waals surface area (Å²) in [4.78, 5) is 10.7. The molecule has 0 aromatic heterocycles. The lowest BCUT2D eigenvalue weighted by Crippen LogP contribution is -2.42. The first-order chi connectivity index (χ1) is 5.68. The molecule has 1 saturated carbocycles. The fourth-order valence-electron chi connectivity index (χ4n) is 2.25. The summed E-state index contributed by atoms with van der Waals surface area (Å²) in [5.74, 6) is 0. The van der Waals surface area contributed by atoms with Gasteiger partial charge in [-0.25, -0.2) is 0 Å². The van der Waals surface area contributed by atoms with Crippen LogP contribution in [0, 0.1) is 10.1 Å². The third-order valence-corrected chi connectivity index (χ3v) is 2.95. The zero-order chi connectivity index (χ0) is 8.77. The van der Waals surface area contributed by atoms with Gasteiger partial charge in [0.05, 0.1) is 6.61 Å². The van der Waals surface area contributed by atoms with Crippen LogP contribution in [0.5, 0.6) is 0 Å². The molecule has 12 heavy (non-hydrogen) atoms. The van der Waals surface area contributed by atoms with Crippen molar-refractivity contribution in [1.82, 2.24) is 0 Å². The van der Waals surface area contributed by atoms with E-state index in [0.29, 0.717) is 18.6 Å². The SMILES string of the molecule is C=C1CO[C@@H]2CCC[C@]12[N+](=O)[O-]. The Morgan fingerprint density at radius 3 is 3.08 bits per heavy atom. The second-order valence-electron chi connectivity index (χ2n) is 3.48. The van der Waals surface area contributed by atoms with Crippen molar-refractivity contribution in [3.63, 3.8) is 0 Å². The molecule has 4 heteroatoms. The van der Waals surface area contributed by atoms with Gasteiger partial charge in [0, 0.05) is 16.9 Å². The highest BCUT2D eigenvalue weighted by Crippen LogP contribution is 2.44. The highest BCUT2D eigenvalue weighted by atomic mass is 16.6.